The van der Waals surface area contributed by atoms with Crippen molar-refractivity contribution in [1.82, 2.24) is 4.57 Å². The number of amides is 1. The van der Waals surface area contributed by atoms with Gasteiger partial charge in [0.25, 0.3) is 5.91 Å². The number of ketones is 1. The van der Waals surface area contributed by atoms with Crippen molar-refractivity contribution in [2.24, 2.45) is 0 Å². The number of hydrogen-bond acceptors (Lipinski definition) is 3. The molecule has 1 amide bonds. The Bertz CT molecular complexity index is 1430. The zero-order chi connectivity index (χ0) is 24.5. The van der Waals surface area contributed by atoms with Gasteiger partial charge in [0.05, 0.1) is 18.8 Å². The van der Waals surface area contributed by atoms with Crippen LogP contribution in [0.2, 0.25) is 10.0 Å². The van der Waals surface area contributed by atoms with E-state index in [2.05, 4.69) is 0 Å². The number of carbonyl (C=O) groups is 2. The van der Waals surface area contributed by atoms with Gasteiger partial charge in [0.15, 0.2) is 6.61 Å². The molecule has 0 N–H and O–H groups in total. The molecule has 176 valence electrons. The van der Waals surface area contributed by atoms with E-state index in [1.807, 2.05) is 47.9 Å². The number of nitrogens with zero attached hydrogens (tertiary/aromatic N) is 2. The predicted molar refractivity (Wildman–Crippen MR) is 138 cm³/mol. The Morgan fingerprint density at radius 1 is 0.886 bits per heavy atom. The van der Waals surface area contributed by atoms with Crippen LogP contribution in [0.25, 0.3) is 0 Å². The van der Waals surface area contributed by atoms with Crippen LogP contribution in [-0.4, -0.2) is 22.9 Å². The van der Waals surface area contributed by atoms with Crippen molar-refractivity contribution in [2.45, 2.75) is 20.0 Å². The number of ether oxygens (including phenoxy) is 1. The minimum absolute atomic E-state index is 0.0910. The summed E-state index contributed by atoms with van der Waals surface area (Å²) in [6, 6.07) is 23.6. The summed E-state index contributed by atoms with van der Waals surface area (Å²) in [6.07, 6.45) is 0. The van der Waals surface area contributed by atoms with Gasteiger partial charge < -0.3 is 14.2 Å². The molecule has 4 aromatic rings. The topological polar surface area (TPSA) is 51.5 Å². The van der Waals surface area contributed by atoms with Gasteiger partial charge in [-0.05, 0) is 78.7 Å². The number of carbonyl (C=O) groups excluding carboxylic acids is 2. The van der Waals surface area contributed by atoms with E-state index >= 15 is 0 Å². The third-order valence-corrected chi connectivity index (χ3v) is 6.62. The summed E-state index contributed by atoms with van der Waals surface area (Å²) in [6.45, 7) is 2.58. The van der Waals surface area contributed by atoms with Gasteiger partial charge in [-0.15, -0.1) is 0 Å². The van der Waals surface area contributed by atoms with Gasteiger partial charge in [-0.25, -0.2) is 0 Å². The van der Waals surface area contributed by atoms with E-state index in [1.54, 1.807) is 47.4 Å². The molecule has 0 saturated carbocycles. The number of aryl methyl sites for hydroxylation is 1. The van der Waals surface area contributed by atoms with Crippen molar-refractivity contribution in [3.8, 4) is 5.75 Å². The van der Waals surface area contributed by atoms with Crippen molar-refractivity contribution in [3.63, 3.8) is 0 Å². The second kappa shape index (κ2) is 9.61. The Kier molecular flexibility index (Phi) is 6.37. The van der Waals surface area contributed by atoms with Gasteiger partial charge in [0.2, 0.25) is 5.78 Å². The van der Waals surface area contributed by atoms with Crippen LogP contribution in [0, 0.1) is 6.92 Å². The number of hydrogen-bond donors (Lipinski definition) is 0. The van der Waals surface area contributed by atoms with Gasteiger partial charge in [0, 0.05) is 27.0 Å². The normalized spacial score (nSPS) is 12.5. The van der Waals surface area contributed by atoms with Gasteiger partial charge in [-0.3, -0.25) is 9.59 Å². The van der Waals surface area contributed by atoms with Crippen molar-refractivity contribution in [1.29, 1.82) is 0 Å². The third kappa shape index (κ3) is 4.70. The van der Waals surface area contributed by atoms with Crippen molar-refractivity contribution < 1.29 is 14.3 Å². The lowest BCUT2D eigenvalue weighted by molar-refractivity contribution is -0.120. The molecule has 0 fully saturated rings. The lowest BCUT2D eigenvalue weighted by Crippen LogP contribution is -2.34. The molecule has 5 rings (SSSR count). The van der Waals surface area contributed by atoms with Crippen LogP contribution in [0.3, 0.4) is 0 Å². The molecule has 1 aromatic heterocycles. The summed E-state index contributed by atoms with van der Waals surface area (Å²) < 4.78 is 7.82. The average Bonchev–Trinajstić information content (AvgIpc) is 3.16. The summed E-state index contributed by atoms with van der Waals surface area (Å²) in [5.74, 6) is 0.351. The van der Waals surface area contributed by atoms with E-state index in [-0.39, 0.29) is 18.3 Å². The fourth-order valence-electron chi connectivity index (χ4n) is 4.32. The average molecular weight is 505 g/mol. The first kappa shape index (κ1) is 23.2. The number of benzene rings is 3. The summed E-state index contributed by atoms with van der Waals surface area (Å²) >= 11 is 12.0. The third-order valence-electron chi connectivity index (χ3n) is 6.13. The number of rotatable bonds is 5. The lowest BCUT2D eigenvalue weighted by atomic mass is 10.1. The van der Waals surface area contributed by atoms with E-state index in [0.717, 1.165) is 22.5 Å². The highest BCUT2D eigenvalue weighted by Gasteiger charge is 2.27. The van der Waals surface area contributed by atoms with E-state index in [4.69, 9.17) is 27.9 Å². The standard InChI is InChI=1S/C28H22Cl2N2O3/c1-18-14-22(30)10-13-26(18)35-17-27(33)32-16-23-11-12-25(28(34)19-6-8-21(29)9-7-19)31(23)15-20-4-2-3-5-24(20)32/h2-14H,15-17H2,1H3. The van der Waals surface area contributed by atoms with Crippen molar-refractivity contribution in [3.05, 3.63) is 117 Å². The van der Waals surface area contributed by atoms with Gasteiger partial charge in [0.1, 0.15) is 5.75 Å². The summed E-state index contributed by atoms with van der Waals surface area (Å²) in [4.78, 5) is 28.3. The van der Waals surface area contributed by atoms with Crippen LogP contribution < -0.4 is 9.64 Å². The second-order valence-electron chi connectivity index (χ2n) is 8.44. The molecular formula is C28H22Cl2N2O3. The van der Waals surface area contributed by atoms with Crippen LogP contribution in [0.5, 0.6) is 5.75 Å². The van der Waals surface area contributed by atoms with Gasteiger partial charge >= 0.3 is 0 Å². The SMILES string of the molecule is Cc1cc(Cl)ccc1OCC(=O)N1Cc2ccc(C(=O)c3ccc(Cl)cc3)n2Cc2ccccc21. The molecule has 3 aromatic carbocycles. The van der Waals surface area contributed by atoms with E-state index in [1.165, 1.54) is 0 Å². The van der Waals surface area contributed by atoms with Gasteiger partial charge in [-0.1, -0.05) is 41.4 Å². The molecule has 0 spiro atoms. The Balaban J connectivity index is 1.44. The first-order valence-electron chi connectivity index (χ1n) is 11.2. The van der Waals surface area contributed by atoms with E-state index in [9.17, 15) is 9.59 Å². The second-order valence-corrected chi connectivity index (χ2v) is 9.31. The van der Waals surface area contributed by atoms with Crippen LogP contribution in [-0.2, 0) is 17.9 Å². The van der Waals surface area contributed by atoms with Crippen LogP contribution in [0.4, 0.5) is 5.69 Å². The zero-order valence-corrected chi connectivity index (χ0v) is 20.5. The Morgan fingerprint density at radius 2 is 1.63 bits per heavy atom. The predicted octanol–water partition coefficient (Wildman–Crippen LogP) is 6.31. The molecule has 0 bridgehead atoms. The molecule has 0 saturated heterocycles. The fourth-order valence-corrected chi connectivity index (χ4v) is 4.67. The molecule has 1 aliphatic heterocycles. The molecular weight excluding hydrogens is 483 g/mol. The molecule has 1 aliphatic rings. The number of para-hydroxylation sites is 1. The van der Waals surface area contributed by atoms with Crippen LogP contribution >= 0.6 is 23.2 Å². The molecule has 0 radical (unpaired) electrons. The highest BCUT2D eigenvalue weighted by atomic mass is 35.5. The maximum atomic E-state index is 13.4. The monoisotopic (exact) mass is 504 g/mol. The molecule has 0 atom stereocenters. The Morgan fingerprint density at radius 3 is 2.40 bits per heavy atom. The summed E-state index contributed by atoms with van der Waals surface area (Å²) in [5.41, 5.74) is 4.62. The maximum absolute atomic E-state index is 13.4. The largest absolute Gasteiger partial charge is 0.483 e. The van der Waals surface area contributed by atoms with Crippen LogP contribution in [0.1, 0.15) is 32.9 Å². The Labute approximate surface area is 213 Å². The number of aromatic nitrogens is 1. The molecule has 35 heavy (non-hydrogen) atoms. The van der Waals surface area contributed by atoms with Crippen LogP contribution in [0.15, 0.2) is 78.9 Å². The number of anilines is 1. The molecule has 0 unspecified atom stereocenters. The molecule has 0 aliphatic carbocycles. The number of fused-ring (bicyclic) bond motifs is 2. The summed E-state index contributed by atoms with van der Waals surface area (Å²) in [7, 11) is 0. The zero-order valence-electron chi connectivity index (χ0n) is 19.0. The Hall–Kier alpha value is -3.54. The van der Waals surface area contributed by atoms with E-state index < -0.39 is 0 Å². The first-order valence-corrected chi connectivity index (χ1v) is 11.9. The van der Waals surface area contributed by atoms with E-state index in [0.29, 0.717) is 40.1 Å². The maximum Gasteiger partial charge on any atom is 0.265 e. The minimum Gasteiger partial charge on any atom is -0.483 e. The fraction of sp³-hybridized carbons (Fsp3) is 0.143. The highest BCUT2D eigenvalue weighted by molar-refractivity contribution is 6.31. The van der Waals surface area contributed by atoms with Crippen molar-refractivity contribution >= 4 is 40.6 Å². The molecule has 5 nitrogen and oxygen atoms in total. The minimum atomic E-state index is -0.174. The number of halogens is 2. The lowest BCUT2D eigenvalue weighted by Gasteiger charge is -2.23. The summed E-state index contributed by atoms with van der Waals surface area (Å²) in [5, 5.41) is 1.20. The molecule has 2 heterocycles. The van der Waals surface area contributed by atoms with Gasteiger partial charge in [-0.2, -0.15) is 0 Å². The first-order chi connectivity index (χ1) is 16.9. The quantitative estimate of drug-likeness (QED) is 0.299. The van der Waals surface area contributed by atoms with Crippen molar-refractivity contribution in [2.75, 3.05) is 11.5 Å². The smallest absolute Gasteiger partial charge is 0.265 e. The highest BCUT2D eigenvalue weighted by Crippen LogP contribution is 2.30. The molecule has 7 heteroatoms.